The maximum absolute atomic E-state index is 15.1. The number of halogens is 1. The Kier molecular flexibility index (Phi) is 5.48. The molecule has 0 N–H and O–H groups in total. The van der Waals surface area contributed by atoms with Gasteiger partial charge in [0.2, 0.25) is 5.67 Å². The Morgan fingerprint density at radius 1 is 0.923 bits per heavy atom. The zero-order valence-corrected chi connectivity index (χ0v) is 16.4. The van der Waals surface area contributed by atoms with Gasteiger partial charge < -0.3 is 14.2 Å². The Balaban J connectivity index is 3.47. The van der Waals surface area contributed by atoms with Crippen LogP contribution in [0.4, 0.5) is 14.0 Å². The number of esters is 1. The highest BCUT2D eigenvalue weighted by atomic mass is 19.1. The standard InChI is InChI=1S/C17H26FNO7/c1-10(20)16(18)9-17(16,11(21)24-8)19(12(22)25-14(2,3)4)13(23)26-15(5,6)7/h9H2,1-8H3/t16-,17+/m1/s1. The lowest BCUT2D eigenvalue weighted by molar-refractivity contribution is -0.152. The van der Waals surface area contributed by atoms with E-state index in [0.29, 0.717) is 0 Å². The van der Waals surface area contributed by atoms with Crippen LogP contribution in [0.2, 0.25) is 0 Å². The van der Waals surface area contributed by atoms with Crippen LogP contribution in [0.15, 0.2) is 0 Å². The van der Waals surface area contributed by atoms with Gasteiger partial charge >= 0.3 is 18.2 Å². The van der Waals surface area contributed by atoms with Gasteiger partial charge in [0.1, 0.15) is 11.2 Å². The number of hydrogen-bond donors (Lipinski definition) is 0. The molecule has 0 aromatic heterocycles. The third kappa shape index (κ3) is 3.96. The molecule has 8 nitrogen and oxygen atoms in total. The number of ketones is 1. The summed E-state index contributed by atoms with van der Waals surface area (Å²) in [6.07, 6.45) is -3.34. The van der Waals surface area contributed by atoms with Gasteiger partial charge in [0.15, 0.2) is 11.3 Å². The van der Waals surface area contributed by atoms with E-state index in [1.165, 1.54) is 41.5 Å². The fourth-order valence-electron chi connectivity index (χ4n) is 2.48. The van der Waals surface area contributed by atoms with E-state index in [9.17, 15) is 19.2 Å². The number of imide groups is 1. The largest absolute Gasteiger partial charge is 0.467 e. The smallest absolute Gasteiger partial charge is 0.421 e. The number of hydrogen-bond acceptors (Lipinski definition) is 7. The van der Waals surface area contributed by atoms with E-state index >= 15 is 4.39 Å². The fraction of sp³-hybridized carbons (Fsp3) is 0.765. The number of carbonyl (C=O) groups excluding carboxylic acids is 4. The molecule has 0 bridgehead atoms. The minimum absolute atomic E-state index is 0.219. The summed E-state index contributed by atoms with van der Waals surface area (Å²) in [5.41, 5.74) is -7.32. The molecule has 0 aromatic carbocycles. The zero-order chi connectivity index (χ0) is 20.7. The molecule has 2 amide bonds. The van der Waals surface area contributed by atoms with Crippen molar-refractivity contribution in [3.8, 4) is 0 Å². The summed E-state index contributed by atoms with van der Waals surface area (Å²) >= 11 is 0. The Labute approximate surface area is 151 Å². The third-order valence-electron chi connectivity index (χ3n) is 3.64. The van der Waals surface area contributed by atoms with Gasteiger partial charge in [-0.05, 0) is 48.5 Å². The molecule has 0 radical (unpaired) electrons. The Bertz CT molecular complexity index is 606. The van der Waals surface area contributed by atoms with Gasteiger partial charge in [-0.1, -0.05) is 0 Å². The lowest BCUT2D eigenvalue weighted by atomic mass is 10.1. The summed E-state index contributed by atoms with van der Waals surface area (Å²) in [6.45, 7) is 10.1. The van der Waals surface area contributed by atoms with Gasteiger partial charge in [-0.25, -0.2) is 18.8 Å². The topological polar surface area (TPSA) is 99.2 Å². The molecule has 0 spiro atoms. The minimum Gasteiger partial charge on any atom is -0.467 e. The first kappa shape index (κ1) is 21.9. The van der Waals surface area contributed by atoms with Crippen molar-refractivity contribution in [1.82, 2.24) is 4.90 Å². The van der Waals surface area contributed by atoms with E-state index in [2.05, 4.69) is 4.74 Å². The third-order valence-corrected chi connectivity index (χ3v) is 3.64. The molecule has 1 aliphatic carbocycles. The van der Waals surface area contributed by atoms with Crippen LogP contribution in [0.1, 0.15) is 54.9 Å². The molecule has 0 heterocycles. The number of alkyl halides is 1. The summed E-state index contributed by atoms with van der Waals surface area (Å²) < 4.78 is 29.9. The predicted molar refractivity (Wildman–Crippen MR) is 88.2 cm³/mol. The highest BCUT2D eigenvalue weighted by molar-refractivity contribution is 6.08. The molecule has 0 unspecified atom stereocenters. The summed E-state index contributed by atoms with van der Waals surface area (Å²) in [5.74, 6) is -2.26. The summed E-state index contributed by atoms with van der Waals surface area (Å²) in [6, 6.07) is 0. The fourth-order valence-corrected chi connectivity index (χ4v) is 2.48. The first-order valence-electron chi connectivity index (χ1n) is 8.06. The van der Waals surface area contributed by atoms with Gasteiger partial charge in [0, 0.05) is 6.42 Å². The highest BCUT2D eigenvalue weighted by Gasteiger charge is 2.83. The minimum atomic E-state index is -2.77. The maximum Gasteiger partial charge on any atom is 0.421 e. The molecular weight excluding hydrogens is 349 g/mol. The van der Waals surface area contributed by atoms with E-state index in [0.717, 1.165) is 14.0 Å². The average Bonchev–Trinajstić information content (AvgIpc) is 3.02. The Morgan fingerprint density at radius 3 is 1.54 bits per heavy atom. The first-order valence-corrected chi connectivity index (χ1v) is 8.06. The monoisotopic (exact) mass is 375 g/mol. The maximum atomic E-state index is 15.1. The van der Waals surface area contributed by atoms with E-state index in [4.69, 9.17) is 9.47 Å². The van der Waals surface area contributed by atoms with Gasteiger partial charge in [0.25, 0.3) is 0 Å². The van der Waals surface area contributed by atoms with Crippen LogP contribution in [-0.4, -0.2) is 58.4 Å². The molecule has 1 rings (SSSR count). The van der Waals surface area contributed by atoms with Crippen molar-refractivity contribution < 1.29 is 37.8 Å². The van der Waals surface area contributed by atoms with Gasteiger partial charge in [-0.2, -0.15) is 4.90 Å². The van der Waals surface area contributed by atoms with Crippen LogP contribution in [0.5, 0.6) is 0 Å². The molecule has 0 saturated heterocycles. The summed E-state index contributed by atoms with van der Waals surface area (Å²) in [4.78, 5) is 49.6. The number of Topliss-reactive ketones (excluding diaryl/α,β-unsaturated/α-hetero) is 1. The molecular formula is C17H26FNO7. The number of ether oxygens (including phenoxy) is 3. The second kappa shape index (κ2) is 6.51. The lowest BCUT2D eigenvalue weighted by Crippen LogP contribution is -2.58. The van der Waals surface area contributed by atoms with Crippen molar-refractivity contribution in [2.24, 2.45) is 0 Å². The van der Waals surface area contributed by atoms with Crippen LogP contribution in [0, 0.1) is 0 Å². The predicted octanol–water partition coefficient (Wildman–Crippen LogP) is 2.77. The molecule has 0 aromatic rings. The Hall–Kier alpha value is -2.19. The summed E-state index contributed by atoms with van der Waals surface area (Å²) in [7, 11) is 0.964. The van der Waals surface area contributed by atoms with E-state index in [1.807, 2.05) is 0 Å². The lowest BCUT2D eigenvalue weighted by Gasteiger charge is -2.33. The number of rotatable bonds is 3. The number of methoxy groups -OCH3 is 1. The normalized spacial score (nSPS) is 25.1. The summed E-state index contributed by atoms with van der Waals surface area (Å²) in [5, 5.41) is 0. The van der Waals surface area contributed by atoms with Crippen molar-refractivity contribution in [3.63, 3.8) is 0 Å². The van der Waals surface area contributed by atoms with E-state index in [1.54, 1.807) is 0 Å². The molecule has 1 aliphatic rings. The highest BCUT2D eigenvalue weighted by Crippen LogP contribution is 2.57. The van der Waals surface area contributed by atoms with Crippen LogP contribution < -0.4 is 0 Å². The first-order chi connectivity index (χ1) is 11.5. The Morgan fingerprint density at radius 2 is 1.31 bits per heavy atom. The molecule has 1 saturated carbocycles. The van der Waals surface area contributed by atoms with Gasteiger partial charge in [-0.15, -0.1) is 0 Å². The van der Waals surface area contributed by atoms with Crippen LogP contribution in [0.25, 0.3) is 0 Å². The number of carbonyl (C=O) groups is 4. The number of nitrogens with zero attached hydrogens (tertiary/aromatic N) is 1. The molecule has 2 atom stereocenters. The van der Waals surface area contributed by atoms with E-state index in [-0.39, 0.29) is 4.90 Å². The molecule has 148 valence electrons. The van der Waals surface area contributed by atoms with Crippen molar-refractivity contribution in [2.45, 2.75) is 77.3 Å². The van der Waals surface area contributed by atoms with Crippen molar-refractivity contribution in [2.75, 3.05) is 7.11 Å². The quantitative estimate of drug-likeness (QED) is 0.552. The van der Waals surface area contributed by atoms with Crippen LogP contribution in [0.3, 0.4) is 0 Å². The second-order valence-corrected chi connectivity index (χ2v) is 8.18. The molecule has 0 aliphatic heterocycles. The average molecular weight is 375 g/mol. The van der Waals surface area contributed by atoms with Crippen molar-refractivity contribution >= 4 is 23.9 Å². The number of amides is 2. The van der Waals surface area contributed by atoms with E-state index < -0.39 is 52.8 Å². The molecule has 1 fully saturated rings. The SMILES string of the molecule is COC(=O)[C@@]1(N(C(=O)OC(C)(C)C)C(=O)OC(C)(C)C)C[C@@]1(F)C(C)=O. The van der Waals surface area contributed by atoms with Gasteiger partial charge in [0.05, 0.1) is 7.11 Å². The zero-order valence-electron chi connectivity index (χ0n) is 16.4. The second-order valence-electron chi connectivity index (χ2n) is 8.18. The molecule has 9 heteroatoms. The van der Waals surface area contributed by atoms with Gasteiger partial charge in [-0.3, -0.25) is 4.79 Å². The van der Waals surface area contributed by atoms with Crippen molar-refractivity contribution in [3.05, 3.63) is 0 Å². The molecule has 26 heavy (non-hydrogen) atoms. The van der Waals surface area contributed by atoms with Crippen molar-refractivity contribution in [1.29, 1.82) is 0 Å². The van der Waals surface area contributed by atoms with Crippen LogP contribution >= 0.6 is 0 Å². The van der Waals surface area contributed by atoms with Crippen LogP contribution in [-0.2, 0) is 23.8 Å².